The molecule has 80 valence electrons. The Hall–Kier alpha value is -1.02. The van der Waals surface area contributed by atoms with E-state index in [0.717, 1.165) is 23.1 Å². The van der Waals surface area contributed by atoms with Crippen molar-refractivity contribution in [1.29, 1.82) is 0 Å². The van der Waals surface area contributed by atoms with Gasteiger partial charge in [-0.25, -0.2) is 0 Å². The summed E-state index contributed by atoms with van der Waals surface area (Å²) in [5, 5.41) is 5.11. The van der Waals surface area contributed by atoms with Crippen LogP contribution in [0, 0.1) is 0 Å². The highest BCUT2D eigenvalue weighted by Crippen LogP contribution is 2.24. The topological polar surface area (TPSA) is 26.0 Å². The van der Waals surface area contributed by atoms with E-state index in [9.17, 15) is 0 Å². The van der Waals surface area contributed by atoms with E-state index >= 15 is 0 Å². The SMILES string of the molecule is CC(C)c1ccc2c(CCCl)noc2c1. The number of aryl methyl sites for hydroxylation is 1. The quantitative estimate of drug-likeness (QED) is 0.741. The van der Waals surface area contributed by atoms with Crippen LogP contribution in [0.2, 0.25) is 0 Å². The van der Waals surface area contributed by atoms with Gasteiger partial charge in [0.15, 0.2) is 5.58 Å². The third-order valence-corrected chi connectivity index (χ3v) is 2.76. The Morgan fingerprint density at radius 2 is 2.20 bits per heavy atom. The lowest BCUT2D eigenvalue weighted by molar-refractivity contribution is 0.447. The molecule has 2 aromatic rings. The highest BCUT2D eigenvalue weighted by molar-refractivity contribution is 6.18. The van der Waals surface area contributed by atoms with Crippen LogP contribution < -0.4 is 0 Å². The van der Waals surface area contributed by atoms with Gasteiger partial charge in [0.25, 0.3) is 0 Å². The van der Waals surface area contributed by atoms with Gasteiger partial charge in [0.05, 0.1) is 5.69 Å². The molecule has 3 heteroatoms. The number of nitrogens with zero attached hydrogens (tertiary/aromatic N) is 1. The molecule has 0 aliphatic carbocycles. The van der Waals surface area contributed by atoms with E-state index in [0.29, 0.717) is 11.8 Å². The molecular formula is C12H14ClNO. The second-order valence-electron chi connectivity index (χ2n) is 3.98. The highest BCUT2D eigenvalue weighted by atomic mass is 35.5. The van der Waals surface area contributed by atoms with E-state index in [-0.39, 0.29) is 0 Å². The fraction of sp³-hybridized carbons (Fsp3) is 0.417. The highest BCUT2D eigenvalue weighted by Gasteiger charge is 2.09. The van der Waals surface area contributed by atoms with Crippen molar-refractivity contribution in [3.8, 4) is 0 Å². The summed E-state index contributed by atoms with van der Waals surface area (Å²) >= 11 is 5.69. The molecule has 0 amide bonds. The molecule has 0 aliphatic rings. The van der Waals surface area contributed by atoms with Crippen LogP contribution in [0.15, 0.2) is 22.7 Å². The first kappa shape index (κ1) is 10.5. The molecule has 1 heterocycles. The van der Waals surface area contributed by atoms with Crippen LogP contribution in [0.1, 0.15) is 31.0 Å². The van der Waals surface area contributed by atoms with Gasteiger partial charge < -0.3 is 4.52 Å². The first-order valence-corrected chi connectivity index (χ1v) is 5.70. The average molecular weight is 224 g/mol. The van der Waals surface area contributed by atoms with Gasteiger partial charge in [-0.2, -0.15) is 0 Å². The Balaban J connectivity index is 2.47. The van der Waals surface area contributed by atoms with Gasteiger partial charge in [0, 0.05) is 17.7 Å². The first-order valence-electron chi connectivity index (χ1n) is 5.16. The summed E-state index contributed by atoms with van der Waals surface area (Å²) in [6.07, 6.45) is 0.760. The summed E-state index contributed by atoms with van der Waals surface area (Å²) < 4.78 is 5.28. The lowest BCUT2D eigenvalue weighted by atomic mass is 10.0. The molecule has 0 spiro atoms. The third kappa shape index (κ3) is 2.00. The maximum absolute atomic E-state index is 5.69. The van der Waals surface area contributed by atoms with Crippen LogP contribution in [-0.4, -0.2) is 11.0 Å². The van der Waals surface area contributed by atoms with Crippen molar-refractivity contribution >= 4 is 22.6 Å². The van der Waals surface area contributed by atoms with Gasteiger partial charge in [-0.15, -0.1) is 11.6 Å². The second-order valence-corrected chi connectivity index (χ2v) is 4.36. The van der Waals surface area contributed by atoms with Crippen LogP contribution in [0.5, 0.6) is 0 Å². The third-order valence-electron chi connectivity index (χ3n) is 2.57. The summed E-state index contributed by atoms with van der Waals surface area (Å²) in [5.41, 5.74) is 3.09. The Kier molecular flexibility index (Phi) is 2.96. The molecule has 0 atom stereocenters. The van der Waals surface area contributed by atoms with Gasteiger partial charge in [0.2, 0.25) is 0 Å². The Labute approximate surface area is 94.2 Å². The molecule has 0 N–H and O–H groups in total. The maximum atomic E-state index is 5.69. The maximum Gasteiger partial charge on any atom is 0.167 e. The molecule has 2 rings (SSSR count). The van der Waals surface area contributed by atoms with Gasteiger partial charge >= 0.3 is 0 Å². The predicted molar refractivity (Wildman–Crippen MR) is 62.5 cm³/mol. The standard InChI is InChI=1S/C12H14ClNO/c1-8(2)9-3-4-10-11(5-6-13)14-15-12(10)7-9/h3-4,7-8H,5-6H2,1-2H3. The molecule has 0 saturated carbocycles. The van der Waals surface area contributed by atoms with Crippen molar-refractivity contribution in [3.63, 3.8) is 0 Å². The molecule has 0 saturated heterocycles. The van der Waals surface area contributed by atoms with E-state index < -0.39 is 0 Å². The second kappa shape index (κ2) is 4.23. The van der Waals surface area contributed by atoms with Crippen LogP contribution in [0.25, 0.3) is 11.0 Å². The van der Waals surface area contributed by atoms with Crippen molar-refractivity contribution in [1.82, 2.24) is 5.16 Å². The Bertz CT molecular complexity index is 462. The summed E-state index contributed by atoms with van der Waals surface area (Å²) in [5.74, 6) is 1.09. The fourth-order valence-corrected chi connectivity index (χ4v) is 1.81. The van der Waals surface area contributed by atoms with E-state index in [1.165, 1.54) is 5.56 Å². The van der Waals surface area contributed by atoms with E-state index in [2.05, 4.69) is 37.2 Å². The number of aromatic nitrogens is 1. The van der Waals surface area contributed by atoms with Crippen LogP contribution in [0.4, 0.5) is 0 Å². The van der Waals surface area contributed by atoms with E-state index in [1.807, 2.05) is 0 Å². The van der Waals surface area contributed by atoms with Crippen LogP contribution in [0.3, 0.4) is 0 Å². The molecule has 0 aliphatic heterocycles. The molecule has 0 unspecified atom stereocenters. The van der Waals surface area contributed by atoms with Crippen LogP contribution in [-0.2, 0) is 6.42 Å². The van der Waals surface area contributed by atoms with Crippen molar-refractivity contribution in [2.75, 3.05) is 5.88 Å². The van der Waals surface area contributed by atoms with Crippen molar-refractivity contribution in [2.24, 2.45) is 0 Å². The molecule has 1 aromatic heterocycles. The molecule has 0 fully saturated rings. The van der Waals surface area contributed by atoms with Gasteiger partial charge in [-0.1, -0.05) is 25.1 Å². The largest absolute Gasteiger partial charge is 0.356 e. The average Bonchev–Trinajstić information content (AvgIpc) is 2.61. The minimum absolute atomic E-state index is 0.510. The van der Waals surface area contributed by atoms with Crippen molar-refractivity contribution in [3.05, 3.63) is 29.5 Å². The molecule has 2 nitrogen and oxygen atoms in total. The van der Waals surface area contributed by atoms with Gasteiger partial charge in [-0.3, -0.25) is 0 Å². The zero-order valence-corrected chi connectivity index (χ0v) is 9.71. The summed E-state index contributed by atoms with van der Waals surface area (Å²) in [6, 6.07) is 6.26. The zero-order chi connectivity index (χ0) is 10.8. The fourth-order valence-electron chi connectivity index (χ4n) is 1.64. The minimum Gasteiger partial charge on any atom is -0.356 e. The smallest absolute Gasteiger partial charge is 0.167 e. The number of fused-ring (bicyclic) bond motifs is 1. The molecule has 1 aromatic carbocycles. The minimum atomic E-state index is 0.510. The number of hydrogen-bond donors (Lipinski definition) is 0. The number of halogens is 1. The number of hydrogen-bond acceptors (Lipinski definition) is 2. The summed E-state index contributed by atoms with van der Waals surface area (Å²) in [4.78, 5) is 0. The number of rotatable bonds is 3. The Morgan fingerprint density at radius 1 is 1.40 bits per heavy atom. The lowest BCUT2D eigenvalue weighted by Crippen LogP contribution is -1.88. The monoisotopic (exact) mass is 223 g/mol. The molecule has 0 bridgehead atoms. The molecular weight excluding hydrogens is 210 g/mol. The Morgan fingerprint density at radius 3 is 2.87 bits per heavy atom. The van der Waals surface area contributed by atoms with Crippen molar-refractivity contribution < 1.29 is 4.52 Å². The summed E-state index contributed by atoms with van der Waals surface area (Å²) in [6.45, 7) is 4.33. The van der Waals surface area contributed by atoms with E-state index in [4.69, 9.17) is 16.1 Å². The molecule has 15 heavy (non-hydrogen) atoms. The predicted octanol–water partition coefficient (Wildman–Crippen LogP) is 3.73. The van der Waals surface area contributed by atoms with Crippen molar-refractivity contribution in [2.45, 2.75) is 26.2 Å². The van der Waals surface area contributed by atoms with E-state index in [1.54, 1.807) is 0 Å². The summed E-state index contributed by atoms with van der Waals surface area (Å²) in [7, 11) is 0. The lowest BCUT2D eigenvalue weighted by Gasteiger charge is -2.03. The number of alkyl halides is 1. The van der Waals surface area contributed by atoms with Gasteiger partial charge in [-0.05, 0) is 23.6 Å². The normalized spacial score (nSPS) is 11.5. The van der Waals surface area contributed by atoms with Crippen LogP contribution >= 0.6 is 11.6 Å². The zero-order valence-electron chi connectivity index (χ0n) is 8.96. The van der Waals surface area contributed by atoms with Gasteiger partial charge in [0.1, 0.15) is 0 Å². The first-order chi connectivity index (χ1) is 7.22. The number of benzene rings is 1. The molecule has 0 radical (unpaired) electrons.